The molecule has 4 heteroatoms. The summed E-state index contributed by atoms with van der Waals surface area (Å²) in [6.07, 6.45) is 1.09. The van der Waals surface area contributed by atoms with Gasteiger partial charge in [-0.15, -0.1) is 0 Å². The molecule has 0 bridgehead atoms. The molecule has 2 radical (unpaired) electrons. The van der Waals surface area contributed by atoms with Crippen molar-refractivity contribution < 1.29 is 4.74 Å². The van der Waals surface area contributed by atoms with Gasteiger partial charge in [-0.3, -0.25) is 5.41 Å². The largest absolute Gasteiger partial charge is 0.487 e. The van der Waals surface area contributed by atoms with Crippen LogP contribution in [0.15, 0.2) is 0 Å². The van der Waals surface area contributed by atoms with Gasteiger partial charge in [0, 0.05) is 6.54 Å². The van der Waals surface area contributed by atoms with Gasteiger partial charge in [0.05, 0.1) is 0 Å². The van der Waals surface area contributed by atoms with E-state index in [0.717, 1.165) is 19.5 Å². The average Bonchev–Trinajstić information content (AvgIpc) is 2.15. The minimum atomic E-state index is -0.177. The van der Waals surface area contributed by atoms with Crippen molar-refractivity contribution in [1.29, 1.82) is 5.41 Å². The fourth-order valence-corrected chi connectivity index (χ4v) is 0.908. The summed E-state index contributed by atoms with van der Waals surface area (Å²) in [7, 11) is 5.01. The van der Waals surface area contributed by atoms with Crippen molar-refractivity contribution in [1.82, 2.24) is 5.32 Å². The standard InChI is InChI=1S/C5H9BN2O/c6-5(7)9-4-1-2-8-3-4/h4,7-8H,1-3H2/t4-/m1/s1. The summed E-state index contributed by atoms with van der Waals surface area (Å²) in [5.74, 6) is -0.177. The molecular weight excluding hydrogens is 115 g/mol. The predicted octanol–water partition coefficient (Wildman–Crippen LogP) is -0.532. The second kappa shape index (κ2) is 2.87. The molecule has 48 valence electrons. The van der Waals surface area contributed by atoms with Gasteiger partial charge in [0.2, 0.25) is 0 Å². The summed E-state index contributed by atoms with van der Waals surface area (Å²) < 4.78 is 4.91. The molecule has 0 aromatic carbocycles. The topological polar surface area (TPSA) is 45.1 Å². The van der Waals surface area contributed by atoms with E-state index in [-0.39, 0.29) is 11.9 Å². The van der Waals surface area contributed by atoms with E-state index in [4.69, 9.17) is 18.0 Å². The second-order valence-electron chi connectivity index (χ2n) is 2.10. The molecule has 0 unspecified atom stereocenters. The van der Waals surface area contributed by atoms with Gasteiger partial charge in [-0.25, -0.2) is 0 Å². The third-order valence-electron chi connectivity index (χ3n) is 1.31. The molecule has 1 saturated heterocycles. The Labute approximate surface area is 55.7 Å². The summed E-state index contributed by atoms with van der Waals surface area (Å²) in [5.41, 5.74) is 0. The Hall–Kier alpha value is -0.505. The van der Waals surface area contributed by atoms with Crippen LogP contribution in [0.4, 0.5) is 0 Å². The molecule has 0 aliphatic carbocycles. The average molecular weight is 124 g/mol. The lowest BCUT2D eigenvalue weighted by molar-refractivity contribution is 0.214. The van der Waals surface area contributed by atoms with E-state index in [9.17, 15) is 0 Å². The molecule has 0 amide bonds. The van der Waals surface area contributed by atoms with E-state index in [0.29, 0.717) is 0 Å². The zero-order chi connectivity index (χ0) is 6.69. The number of ether oxygens (including phenoxy) is 1. The van der Waals surface area contributed by atoms with Crippen LogP contribution in [0.2, 0.25) is 0 Å². The molecule has 0 aromatic heterocycles. The summed E-state index contributed by atoms with van der Waals surface area (Å²) in [5, 5.41) is 9.89. The van der Waals surface area contributed by atoms with Crippen molar-refractivity contribution in [3.8, 4) is 0 Å². The lowest BCUT2D eigenvalue weighted by Gasteiger charge is -2.09. The maximum atomic E-state index is 6.79. The molecule has 0 saturated carbocycles. The van der Waals surface area contributed by atoms with Crippen LogP contribution in [0.3, 0.4) is 0 Å². The molecule has 0 aromatic rings. The van der Waals surface area contributed by atoms with Crippen molar-refractivity contribution in [2.75, 3.05) is 13.1 Å². The fraction of sp³-hybridized carbons (Fsp3) is 0.800. The first-order valence-electron chi connectivity index (χ1n) is 3.00. The van der Waals surface area contributed by atoms with Crippen LogP contribution in [0.5, 0.6) is 0 Å². The van der Waals surface area contributed by atoms with Gasteiger partial charge < -0.3 is 10.1 Å². The molecular formula is C5H9BN2O. The second-order valence-corrected chi connectivity index (χ2v) is 2.10. The maximum absolute atomic E-state index is 6.79. The minimum absolute atomic E-state index is 0.127. The van der Waals surface area contributed by atoms with Crippen molar-refractivity contribution in [2.45, 2.75) is 12.5 Å². The molecule has 9 heavy (non-hydrogen) atoms. The monoisotopic (exact) mass is 124 g/mol. The van der Waals surface area contributed by atoms with Gasteiger partial charge in [0.25, 0.3) is 0 Å². The Balaban J connectivity index is 2.19. The minimum Gasteiger partial charge on any atom is -0.487 e. The molecule has 3 nitrogen and oxygen atoms in total. The quantitative estimate of drug-likeness (QED) is 0.280. The Morgan fingerprint density at radius 3 is 3.00 bits per heavy atom. The highest BCUT2D eigenvalue weighted by molar-refractivity contribution is 6.55. The SMILES string of the molecule is [B]C(=N)O[C@@H]1CCNC1. The van der Waals surface area contributed by atoms with Crippen LogP contribution < -0.4 is 5.32 Å². The molecule has 1 aliphatic rings. The molecule has 1 atom stereocenters. The van der Waals surface area contributed by atoms with Gasteiger partial charge >= 0.3 is 0 Å². The van der Waals surface area contributed by atoms with E-state index in [1.807, 2.05) is 0 Å². The maximum Gasteiger partial charge on any atom is 0.195 e. The number of hydrogen-bond donors (Lipinski definition) is 2. The van der Waals surface area contributed by atoms with Crippen LogP contribution in [0.1, 0.15) is 6.42 Å². The lowest BCUT2D eigenvalue weighted by Crippen LogP contribution is -2.20. The van der Waals surface area contributed by atoms with Crippen LogP contribution in [0, 0.1) is 5.41 Å². The van der Waals surface area contributed by atoms with Crippen LogP contribution in [-0.2, 0) is 4.74 Å². The van der Waals surface area contributed by atoms with Crippen molar-refractivity contribution in [3.05, 3.63) is 0 Å². The zero-order valence-corrected chi connectivity index (χ0v) is 5.18. The highest BCUT2D eigenvalue weighted by Crippen LogP contribution is 2.01. The zero-order valence-electron chi connectivity index (χ0n) is 5.18. The number of nitrogens with one attached hydrogen (secondary N) is 2. The number of hydrogen-bond acceptors (Lipinski definition) is 3. The lowest BCUT2D eigenvalue weighted by atomic mass is 10.1. The van der Waals surface area contributed by atoms with E-state index in [2.05, 4.69) is 5.32 Å². The van der Waals surface area contributed by atoms with E-state index in [1.165, 1.54) is 0 Å². The molecule has 1 rings (SSSR count). The Morgan fingerprint density at radius 2 is 2.56 bits per heavy atom. The normalized spacial score (nSPS) is 26.0. The van der Waals surface area contributed by atoms with E-state index >= 15 is 0 Å². The highest BCUT2D eigenvalue weighted by Gasteiger charge is 2.14. The first kappa shape index (κ1) is 6.61. The molecule has 1 heterocycles. The van der Waals surface area contributed by atoms with Crippen LogP contribution in [-0.4, -0.2) is 32.8 Å². The first-order chi connectivity index (χ1) is 4.29. The van der Waals surface area contributed by atoms with E-state index < -0.39 is 0 Å². The van der Waals surface area contributed by atoms with Crippen LogP contribution >= 0.6 is 0 Å². The van der Waals surface area contributed by atoms with Gasteiger partial charge in [-0.2, -0.15) is 0 Å². The first-order valence-corrected chi connectivity index (χ1v) is 3.00. The predicted molar refractivity (Wildman–Crippen MR) is 35.8 cm³/mol. The van der Waals surface area contributed by atoms with Crippen molar-refractivity contribution in [2.24, 2.45) is 0 Å². The van der Waals surface area contributed by atoms with Gasteiger partial charge in [-0.1, -0.05) is 0 Å². The van der Waals surface area contributed by atoms with Gasteiger partial charge in [-0.05, 0) is 13.0 Å². The van der Waals surface area contributed by atoms with E-state index in [1.54, 1.807) is 0 Å². The Bertz CT molecular complexity index is 112. The summed E-state index contributed by atoms with van der Waals surface area (Å²) in [4.78, 5) is 0. The summed E-state index contributed by atoms with van der Waals surface area (Å²) in [6.45, 7) is 1.79. The molecule has 2 N–H and O–H groups in total. The third-order valence-corrected chi connectivity index (χ3v) is 1.31. The Kier molecular flexibility index (Phi) is 2.11. The fourth-order valence-electron chi connectivity index (χ4n) is 0.908. The smallest absolute Gasteiger partial charge is 0.195 e. The van der Waals surface area contributed by atoms with Crippen molar-refractivity contribution in [3.63, 3.8) is 0 Å². The molecule has 0 spiro atoms. The summed E-state index contributed by atoms with van der Waals surface area (Å²) in [6, 6.07) is 0. The molecule has 1 fully saturated rings. The number of rotatable bonds is 1. The van der Waals surface area contributed by atoms with Crippen molar-refractivity contribution >= 4 is 13.6 Å². The van der Waals surface area contributed by atoms with Gasteiger partial charge in [0.1, 0.15) is 11.9 Å². The summed E-state index contributed by atoms with van der Waals surface area (Å²) >= 11 is 0. The third kappa shape index (κ3) is 2.05. The Morgan fingerprint density at radius 1 is 1.78 bits per heavy atom. The highest BCUT2D eigenvalue weighted by atomic mass is 16.5. The molecule has 1 aliphatic heterocycles. The van der Waals surface area contributed by atoms with Gasteiger partial charge in [0.15, 0.2) is 7.85 Å². The van der Waals surface area contributed by atoms with Crippen LogP contribution in [0.25, 0.3) is 0 Å².